The summed E-state index contributed by atoms with van der Waals surface area (Å²) in [6.45, 7) is 4.42. The van der Waals surface area contributed by atoms with Crippen molar-refractivity contribution in [2.24, 2.45) is 0 Å². The van der Waals surface area contributed by atoms with Gasteiger partial charge in [0.2, 0.25) is 0 Å². The molecule has 0 radical (unpaired) electrons. The van der Waals surface area contributed by atoms with Gasteiger partial charge in [-0.3, -0.25) is 5.32 Å². The van der Waals surface area contributed by atoms with Crippen LogP contribution in [0.2, 0.25) is 0 Å². The molecule has 0 aromatic rings. The lowest BCUT2D eigenvalue weighted by Gasteiger charge is -2.07. The van der Waals surface area contributed by atoms with Gasteiger partial charge < -0.3 is 5.32 Å². The molecule has 2 nitrogen and oxygen atoms in total. The van der Waals surface area contributed by atoms with Crippen LogP contribution in [0.25, 0.3) is 0 Å². The van der Waals surface area contributed by atoms with Crippen molar-refractivity contribution in [2.75, 3.05) is 6.44 Å². The highest BCUT2D eigenvalue weighted by Crippen LogP contribution is 2.24. The number of hydrogen-bond acceptors (Lipinski definition) is 2. The Morgan fingerprint density at radius 3 is 2.78 bits per heavy atom. The fraction of sp³-hybridized carbons (Fsp3) is 1.00. The zero-order chi connectivity index (χ0) is 6.91. The highest BCUT2D eigenvalue weighted by molar-refractivity contribution is 6.08. The van der Waals surface area contributed by atoms with Crippen LogP contribution in [0.1, 0.15) is 20.3 Å². The van der Waals surface area contributed by atoms with Gasteiger partial charge in [0.05, 0.1) is 5.66 Å². The van der Waals surface area contributed by atoms with E-state index in [1.807, 2.05) is 0 Å². The fourth-order valence-corrected chi connectivity index (χ4v) is 1.37. The van der Waals surface area contributed by atoms with Crippen molar-refractivity contribution in [2.45, 2.75) is 32.0 Å². The molecule has 0 spiro atoms. The summed E-state index contributed by atoms with van der Waals surface area (Å²) in [4.78, 5) is 0. The van der Waals surface area contributed by atoms with Gasteiger partial charge in [0.25, 0.3) is 0 Å². The minimum atomic E-state index is 0.267. The van der Waals surface area contributed by atoms with Crippen LogP contribution in [0.4, 0.5) is 0 Å². The molecule has 1 aliphatic heterocycles. The van der Waals surface area contributed by atoms with E-state index in [0.29, 0.717) is 6.04 Å². The van der Waals surface area contributed by atoms with Crippen LogP contribution in [0.3, 0.4) is 0 Å². The first-order chi connectivity index (χ1) is 4.23. The van der Waals surface area contributed by atoms with Crippen LogP contribution in [0.5, 0.6) is 0 Å². The normalized spacial score (nSPS) is 40.9. The van der Waals surface area contributed by atoms with E-state index >= 15 is 0 Å². The largest absolute Gasteiger partial charge is 0.306 e. The second-order valence-electron chi connectivity index (χ2n) is 2.84. The molecule has 0 saturated carbocycles. The summed E-state index contributed by atoms with van der Waals surface area (Å²) in [5.41, 5.74) is 0.267. The average Bonchev–Trinajstić information content (AvgIpc) is 2.43. The second-order valence-corrected chi connectivity index (χ2v) is 2.84. The van der Waals surface area contributed by atoms with Crippen molar-refractivity contribution in [1.82, 2.24) is 10.6 Å². The van der Waals surface area contributed by atoms with E-state index < -0.39 is 0 Å². The molecule has 1 aliphatic rings. The molecule has 1 rings (SSSR count). The molecule has 0 amide bonds. The lowest BCUT2D eigenvalue weighted by molar-refractivity contribution is 0.549. The Bertz CT molecular complexity index is 107. The SMILES string of the molecule is BCN[C@@]1(C)NC1CC. The summed E-state index contributed by atoms with van der Waals surface area (Å²) in [6.07, 6.45) is 2.28. The molecule has 52 valence electrons. The van der Waals surface area contributed by atoms with Gasteiger partial charge >= 0.3 is 0 Å². The van der Waals surface area contributed by atoms with E-state index in [-0.39, 0.29) is 5.66 Å². The first-order valence-electron chi connectivity index (χ1n) is 3.75. The van der Waals surface area contributed by atoms with Gasteiger partial charge in [-0.1, -0.05) is 6.92 Å². The van der Waals surface area contributed by atoms with Crippen molar-refractivity contribution >= 4 is 7.85 Å². The molecule has 0 bridgehead atoms. The Hall–Kier alpha value is -0.0151. The smallest absolute Gasteiger partial charge is 0.119 e. The Balaban J connectivity index is 2.25. The molecule has 2 atom stereocenters. The highest BCUT2D eigenvalue weighted by Gasteiger charge is 2.46. The lowest BCUT2D eigenvalue weighted by atomic mass is 10.1. The minimum Gasteiger partial charge on any atom is -0.306 e. The number of hydrogen-bond donors (Lipinski definition) is 2. The van der Waals surface area contributed by atoms with Gasteiger partial charge in [0.1, 0.15) is 7.85 Å². The van der Waals surface area contributed by atoms with Crippen LogP contribution in [0, 0.1) is 0 Å². The highest BCUT2D eigenvalue weighted by atomic mass is 15.4. The zero-order valence-corrected chi connectivity index (χ0v) is 6.49. The maximum atomic E-state index is 3.39. The first-order valence-corrected chi connectivity index (χ1v) is 3.75. The molecular weight excluding hydrogens is 111 g/mol. The van der Waals surface area contributed by atoms with Gasteiger partial charge in [-0.15, -0.1) is 0 Å². The predicted molar refractivity (Wildman–Crippen MR) is 42.2 cm³/mol. The molecule has 1 fully saturated rings. The number of nitrogens with one attached hydrogen (secondary N) is 2. The van der Waals surface area contributed by atoms with Gasteiger partial charge in [0.15, 0.2) is 0 Å². The minimum absolute atomic E-state index is 0.267. The summed E-state index contributed by atoms with van der Waals surface area (Å²) in [5, 5.41) is 6.77. The molecule has 0 aliphatic carbocycles. The molecular formula is C6H15BN2. The van der Waals surface area contributed by atoms with E-state index in [1.54, 1.807) is 0 Å². The topological polar surface area (TPSA) is 34.0 Å². The Morgan fingerprint density at radius 1 is 1.78 bits per heavy atom. The van der Waals surface area contributed by atoms with Crippen LogP contribution in [-0.2, 0) is 0 Å². The molecule has 0 aromatic heterocycles. The predicted octanol–water partition coefficient (Wildman–Crippen LogP) is -0.735. The van der Waals surface area contributed by atoms with Crippen molar-refractivity contribution in [3.05, 3.63) is 0 Å². The van der Waals surface area contributed by atoms with E-state index in [0.717, 1.165) is 6.44 Å². The molecule has 1 unspecified atom stereocenters. The van der Waals surface area contributed by atoms with E-state index in [2.05, 4.69) is 32.3 Å². The van der Waals surface area contributed by atoms with Crippen molar-refractivity contribution in [3.63, 3.8) is 0 Å². The standard InChI is InChI=1S/C6H15BN2/c1-3-5-6(2,9-5)8-4-7/h5,8-9H,3-4,7H2,1-2H3/t5?,6-/m0/s1. The summed E-state index contributed by atoms with van der Waals surface area (Å²) in [7, 11) is 2.14. The molecule has 9 heavy (non-hydrogen) atoms. The maximum absolute atomic E-state index is 3.39. The second kappa shape index (κ2) is 2.31. The van der Waals surface area contributed by atoms with E-state index in [9.17, 15) is 0 Å². The fourth-order valence-electron chi connectivity index (χ4n) is 1.37. The van der Waals surface area contributed by atoms with Gasteiger partial charge in [-0.25, -0.2) is 0 Å². The monoisotopic (exact) mass is 126 g/mol. The molecule has 1 heterocycles. The zero-order valence-electron chi connectivity index (χ0n) is 6.49. The quantitative estimate of drug-likeness (QED) is 0.386. The first kappa shape index (κ1) is 7.10. The van der Waals surface area contributed by atoms with Crippen LogP contribution < -0.4 is 10.6 Å². The third kappa shape index (κ3) is 1.27. The lowest BCUT2D eigenvalue weighted by Crippen LogP contribution is -2.34. The van der Waals surface area contributed by atoms with Gasteiger partial charge in [-0.05, 0) is 19.8 Å². The Labute approximate surface area is 57.8 Å². The maximum Gasteiger partial charge on any atom is 0.119 e. The van der Waals surface area contributed by atoms with Crippen LogP contribution >= 0.6 is 0 Å². The molecule has 1 saturated heterocycles. The summed E-state index contributed by atoms with van der Waals surface area (Å²) >= 11 is 0. The third-order valence-electron chi connectivity index (χ3n) is 2.04. The molecule has 0 aromatic carbocycles. The van der Waals surface area contributed by atoms with Crippen molar-refractivity contribution in [3.8, 4) is 0 Å². The van der Waals surface area contributed by atoms with Gasteiger partial charge in [-0.2, -0.15) is 0 Å². The van der Waals surface area contributed by atoms with E-state index in [4.69, 9.17) is 0 Å². The van der Waals surface area contributed by atoms with Crippen molar-refractivity contribution in [1.29, 1.82) is 0 Å². The average molecular weight is 126 g/mol. The molecule has 2 N–H and O–H groups in total. The van der Waals surface area contributed by atoms with Crippen LogP contribution in [0.15, 0.2) is 0 Å². The summed E-state index contributed by atoms with van der Waals surface area (Å²) < 4.78 is 0. The summed E-state index contributed by atoms with van der Waals surface area (Å²) in [6, 6.07) is 0.706. The Morgan fingerprint density at radius 2 is 2.44 bits per heavy atom. The third-order valence-corrected chi connectivity index (χ3v) is 2.04. The van der Waals surface area contributed by atoms with Gasteiger partial charge in [0, 0.05) is 6.04 Å². The van der Waals surface area contributed by atoms with E-state index in [1.165, 1.54) is 6.42 Å². The number of rotatable bonds is 3. The summed E-state index contributed by atoms with van der Waals surface area (Å²) in [5.74, 6) is 0. The van der Waals surface area contributed by atoms with Crippen LogP contribution in [-0.4, -0.2) is 26.0 Å². The molecule has 3 heteroatoms. The van der Waals surface area contributed by atoms with Crippen molar-refractivity contribution < 1.29 is 0 Å². The Kier molecular flexibility index (Phi) is 1.82.